The first kappa shape index (κ1) is 27.4. The van der Waals surface area contributed by atoms with Crippen LogP contribution in [0.3, 0.4) is 0 Å². The van der Waals surface area contributed by atoms with Gasteiger partial charge in [0, 0.05) is 13.1 Å². The summed E-state index contributed by atoms with van der Waals surface area (Å²) in [5.41, 5.74) is 3.54. The van der Waals surface area contributed by atoms with E-state index in [1.54, 1.807) is 16.4 Å². The second-order valence-electron chi connectivity index (χ2n) is 10.0. The zero-order chi connectivity index (χ0) is 25.3. The van der Waals surface area contributed by atoms with Crippen molar-refractivity contribution in [3.05, 3.63) is 59.2 Å². The number of aryl methyl sites for hydroxylation is 1. The number of aromatic carboxylic acids is 1. The molecule has 2 aromatic carbocycles. The normalized spacial score (nSPS) is 14.9. The summed E-state index contributed by atoms with van der Waals surface area (Å²) in [6.45, 7) is 4.75. The summed E-state index contributed by atoms with van der Waals surface area (Å²) in [6.07, 6.45) is 11.2. The molecule has 0 spiro atoms. The van der Waals surface area contributed by atoms with Gasteiger partial charge in [-0.15, -0.1) is 0 Å². The van der Waals surface area contributed by atoms with Gasteiger partial charge in [0.25, 0.3) is 0 Å². The maximum atomic E-state index is 13.2. The quantitative estimate of drug-likeness (QED) is 0.300. The Morgan fingerprint density at radius 2 is 1.74 bits per heavy atom. The summed E-state index contributed by atoms with van der Waals surface area (Å²) in [7, 11) is -3.38. The van der Waals surface area contributed by atoms with Crippen molar-refractivity contribution in [1.29, 1.82) is 0 Å². The fourth-order valence-corrected chi connectivity index (χ4v) is 6.81. The molecule has 0 radical (unpaired) electrons. The molecule has 0 unspecified atom stereocenters. The number of carboxylic acids is 1. The van der Waals surface area contributed by atoms with Gasteiger partial charge in [-0.1, -0.05) is 88.6 Å². The smallest absolute Gasteiger partial charge is 0.336 e. The number of carbonyl (C=O) groups is 1. The summed E-state index contributed by atoms with van der Waals surface area (Å²) >= 11 is 0. The molecule has 3 rings (SSSR count). The summed E-state index contributed by atoms with van der Waals surface area (Å²) in [5.74, 6) is -0.0247. The molecule has 1 fully saturated rings. The molecular weight excluding hydrogens is 458 g/mol. The molecule has 1 aliphatic rings. The molecule has 0 atom stereocenters. The van der Waals surface area contributed by atoms with Crippen molar-refractivity contribution >= 4 is 16.0 Å². The first-order valence-corrected chi connectivity index (χ1v) is 14.8. The Hall–Kier alpha value is -2.18. The lowest BCUT2D eigenvalue weighted by atomic mass is 9.86. The molecule has 0 aromatic heterocycles. The predicted octanol–water partition coefficient (Wildman–Crippen LogP) is 7.04. The second kappa shape index (κ2) is 13.2. The molecule has 1 aliphatic carbocycles. The number of unbranched alkanes of at least 4 members (excludes halogenated alkanes) is 2. The number of carboxylic acid groups (broad SMARTS) is 1. The van der Waals surface area contributed by atoms with E-state index in [1.807, 2.05) is 44.2 Å². The Bertz CT molecular complexity index is 1070. The zero-order valence-electron chi connectivity index (χ0n) is 21.3. The fourth-order valence-electron chi connectivity index (χ4n) is 5.15. The number of hydrogen-bond donors (Lipinski definition) is 1. The molecule has 2 aromatic rings. The number of hydrogen-bond acceptors (Lipinski definition) is 3. The molecule has 1 N–H and O–H groups in total. The van der Waals surface area contributed by atoms with Crippen LogP contribution < -0.4 is 0 Å². The van der Waals surface area contributed by atoms with Gasteiger partial charge in [-0.25, -0.2) is 13.2 Å². The van der Waals surface area contributed by atoms with Gasteiger partial charge >= 0.3 is 5.97 Å². The second-order valence-corrected chi connectivity index (χ2v) is 12.1. The topological polar surface area (TPSA) is 74.7 Å². The minimum absolute atomic E-state index is 0.157. The van der Waals surface area contributed by atoms with Crippen molar-refractivity contribution < 1.29 is 18.3 Å². The van der Waals surface area contributed by atoms with Crippen LogP contribution in [0.25, 0.3) is 11.1 Å². The number of rotatable bonds is 13. The van der Waals surface area contributed by atoms with E-state index in [4.69, 9.17) is 0 Å². The van der Waals surface area contributed by atoms with E-state index in [1.165, 1.54) is 38.5 Å². The SMILES string of the molecule is CCCCS(=O)(=O)N(CCCCC1CCCCC1)Cc1ccc(C(=O)O)c(-c2ccccc2C)c1. The lowest BCUT2D eigenvalue weighted by molar-refractivity contribution is 0.0697. The summed E-state index contributed by atoms with van der Waals surface area (Å²) in [5, 5.41) is 9.76. The highest BCUT2D eigenvalue weighted by atomic mass is 32.2. The van der Waals surface area contributed by atoms with Crippen molar-refractivity contribution in [2.24, 2.45) is 5.92 Å². The van der Waals surface area contributed by atoms with Crippen molar-refractivity contribution in [3.63, 3.8) is 0 Å². The van der Waals surface area contributed by atoms with Gasteiger partial charge in [-0.3, -0.25) is 0 Å². The van der Waals surface area contributed by atoms with Crippen LogP contribution in [0.1, 0.15) is 92.6 Å². The Kier molecular flexibility index (Phi) is 10.4. The van der Waals surface area contributed by atoms with Crippen LogP contribution in [0.4, 0.5) is 0 Å². The van der Waals surface area contributed by atoms with E-state index in [-0.39, 0.29) is 17.9 Å². The van der Waals surface area contributed by atoms with Gasteiger partial charge in [-0.05, 0) is 60.1 Å². The average molecular weight is 500 g/mol. The van der Waals surface area contributed by atoms with Gasteiger partial charge in [0.05, 0.1) is 11.3 Å². The monoisotopic (exact) mass is 499 g/mol. The van der Waals surface area contributed by atoms with Gasteiger partial charge in [0.1, 0.15) is 0 Å². The molecule has 1 saturated carbocycles. The molecule has 0 heterocycles. The minimum Gasteiger partial charge on any atom is -0.478 e. The molecule has 0 bridgehead atoms. The van der Waals surface area contributed by atoms with Crippen LogP contribution in [-0.2, 0) is 16.6 Å². The largest absolute Gasteiger partial charge is 0.478 e. The Balaban J connectivity index is 1.79. The first-order valence-electron chi connectivity index (χ1n) is 13.2. The predicted molar refractivity (Wildman–Crippen MR) is 143 cm³/mol. The fraction of sp³-hybridized carbons (Fsp3) is 0.552. The van der Waals surface area contributed by atoms with Crippen LogP contribution in [0.2, 0.25) is 0 Å². The molecule has 0 saturated heterocycles. The molecular formula is C29H41NO4S. The summed E-state index contributed by atoms with van der Waals surface area (Å²) in [6, 6.07) is 12.9. The van der Waals surface area contributed by atoms with Crippen molar-refractivity contribution in [3.8, 4) is 11.1 Å². The van der Waals surface area contributed by atoms with Crippen LogP contribution >= 0.6 is 0 Å². The van der Waals surface area contributed by atoms with E-state index in [2.05, 4.69) is 0 Å². The molecule has 35 heavy (non-hydrogen) atoms. The highest BCUT2D eigenvalue weighted by Crippen LogP contribution is 2.30. The third-order valence-corrected chi connectivity index (χ3v) is 9.16. The van der Waals surface area contributed by atoms with Gasteiger partial charge < -0.3 is 5.11 Å². The Labute approximate surface area is 211 Å². The number of nitrogens with zero attached hydrogens (tertiary/aromatic N) is 1. The van der Waals surface area contributed by atoms with E-state index in [0.717, 1.165) is 41.9 Å². The van der Waals surface area contributed by atoms with Gasteiger partial charge in [0.15, 0.2) is 0 Å². The summed E-state index contributed by atoms with van der Waals surface area (Å²) in [4.78, 5) is 11.9. The molecule has 192 valence electrons. The molecule has 6 heteroatoms. The van der Waals surface area contributed by atoms with Crippen LogP contribution in [0.15, 0.2) is 42.5 Å². The number of benzene rings is 2. The van der Waals surface area contributed by atoms with Gasteiger partial charge in [-0.2, -0.15) is 4.31 Å². The molecule has 0 aliphatic heterocycles. The lowest BCUT2D eigenvalue weighted by Gasteiger charge is -2.24. The van der Waals surface area contributed by atoms with E-state index >= 15 is 0 Å². The molecule has 0 amide bonds. The van der Waals surface area contributed by atoms with Crippen molar-refractivity contribution in [2.75, 3.05) is 12.3 Å². The third-order valence-electron chi connectivity index (χ3n) is 7.25. The van der Waals surface area contributed by atoms with Crippen LogP contribution in [-0.4, -0.2) is 36.1 Å². The zero-order valence-corrected chi connectivity index (χ0v) is 22.2. The highest BCUT2D eigenvalue weighted by Gasteiger charge is 2.23. The maximum Gasteiger partial charge on any atom is 0.336 e. The average Bonchev–Trinajstić information content (AvgIpc) is 2.85. The van der Waals surface area contributed by atoms with Crippen LogP contribution in [0.5, 0.6) is 0 Å². The standard InChI is InChI=1S/C29H41NO4S/c1-3-4-20-35(33,34)30(19-11-10-15-24-13-6-5-7-14-24)22-25-17-18-27(29(31)32)28(21-25)26-16-9-8-12-23(26)2/h8-9,12,16-18,21,24H,3-7,10-11,13-15,19-20,22H2,1-2H3,(H,31,32). The highest BCUT2D eigenvalue weighted by molar-refractivity contribution is 7.89. The molecule has 5 nitrogen and oxygen atoms in total. The van der Waals surface area contributed by atoms with Crippen molar-refractivity contribution in [2.45, 2.75) is 84.6 Å². The van der Waals surface area contributed by atoms with Crippen molar-refractivity contribution in [1.82, 2.24) is 4.31 Å². The van der Waals surface area contributed by atoms with E-state index in [0.29, 0.717) is 18.5 Å². The van der Waals surface area contributed by atoms with E-state index in [9.17, 15) is 18.3 Å². The Morgan fingerprint density at radius 3 is 2.43 bits per heavy atom. The maximum absolute atomic E-state index is 13.2. The first-order chi connectivity index (χ1) is 16.8. The minimum atomic E-state index is -3.38. The number of sulfonamides is 1. The lowest BCUT2D eigenvalue weighted by Crippen LogP contribution is -2.33. The third kappa shape index (κ3) is 7.91. The van der Waals surface area contributed by atoms with Crippen LogP contribution in [0, 0.1) is 12.8 Å². The summed E-state index contributed by atoms with van der Waals surface area (Å²) < 4.78 is 28.0. The Morgan fingerprint density at radius 1 is 1.00 bits per heavy atom. The van der Waals surface area contributed by atoms with E-state index < -0.39 is 16.0 Å². The van der Waals surface area contributed by atoms with Gasteiger partial charge in [0.2, 0.25) is 10.0 Å².